The number of thiophene rings is 1. The van der Waals surface area contributed by atoms with E-state index in [1.807, 2.05) is 16.8 Å². The molecule has 0 aliphatic rings. The molecule has 2 aromatic rings. The SMILES string of the molecule is CC(O)(CNC(=O)NCc1ccc(C#N)cc1F)c1ccsc1. The van der Waals surface area contributed by atoms with Crippen LogP contribution in [0.2, 0.25) is 0 Å². The molecular formula is C16H16FN3O2S. The number of benzene rings is 1. The predicted octanol–water partition coefficient (Wildman–Crippen LogP) is 2.47. The fourth-order valence-corrected chi connectivity index (χ4v) is 2.71. The third-order valence-electron chi connectivity index (χ3n) is 3.36. The summed E-state index contributed by atoms with van der Waals surface area (Å²) in [7, 11) is 0. The minimum absolute atomic E-state index is 0.00995. The van der Waals surface area contributed by atoms with E-state index < -0.39 is 17.4 Å². The van der Waals surface area contributed by atoms with Crippen molar-refractivity contribution in [3.05, 3.63) is 57.5 Å². The van der Waals surface area contributed by atoms with Crippen LogP contribution in [0.4, 0.5) is 9.18 Å². The van der Waals surface area contributed by atoms with E-state index in [0.29, 0.717) is 0 Å². The van der Waals surface area contributed by atoms with Gasteiger partial charge in [0.2, 0.25) is 0 Å². The molecule has 0 spiro atoms. The highest BCUT2D eigenvalue weighted by molar-refractivity contribution is 7.08. The number of hydrogen-bond donors (Lipinski definition) is 3. The minimum Gasteiger partial charge on any atom is -0.384 e. The quantitative estimate of drug-likeness (QED) is 0.786. The molecule has 7 heteroatoms. The van der Waals surface area contributed by atoms with E-state index in [-0.39, 0.29) is 24.2 Å². The second kappa shape index (κ2) is 7.22. The second-order valence-electron chi connectivity index (χ2n) is 5.24. The lowest BCUT2D eigenvalue weighted by Gasteiger charge is -2.22. The number of nitrogens with one attached hydrogen (secondary N) is 2. The molecule has 5 nitrogen and oxygen atoms in total. The molecule has 0 bridgehead atoms. The Labute approximate surface area is 137 Å². The van der Waals surface area contributed by atoms with Crippen LogP contribution in [-0.2, 0) is 12.1 Å². The minimum atomic E-state index is -1.17. The highest BCUT2D eigenvalue weighted by atomic mass is 32.1. The van der Waals surface area contributed by atoms with E-state index in [9.17, 15) is 14.3 Å². The number of halogens is 1. The van der Waals surface area contributed by atoms with E-state index in [0.717, 1.165) is 11.6 Å². The first-order chi connectivity index (χ1) is 10.9. The van der Waals surface area contributed by atoms with Gasteiger partial charge in [-0.2, -0.15) is 16.6 Å². The van der Waals surface area contributed by atoms with Crippen LogP contribution in [0.1, 0.15) is 23.6 Å². The van der Waals surface area contributed by atoms with Gasteiger partial charge in [0.1, 0.15) is 11.4 Å². The zero-order valence-corrected chi connectivity index (χ0v) is 13.3. The van der Waals surface area contributed by atoms with Gasteiger partial charge in [0, 0.05) is 12.1 Å². The molecular weight excluding hydrogens is 317 g/mol. The molecule has 2 amide bonds. The predicted molar refractivity (Wildman–Crippen MR) is 85.2 cm³/mol. The number of urea groups is 1. The van der Waals surface area contributed by atoms with Gasteiger partial charge in [0.05, 0.1) is 18.2 Å². The largest absolute Gasteiger partial charge is 0.384 e. The summed E-state index contributed by atoms with van der Waals surface area (Å²) in [6.45, 7) is 1.63. The van der Waals surface area contributed by atoms with Gasteiger partial charge in [-0.05, 0) is 41.4 Å². The van der Waals surface area contributed by atoms with Gasteiger partial charge >= 0.3 is 6.03 Å². The number of aliphatic hydroxyl groups is 1. The molecule has 23 heavy (non-hydrogen) atoms. The lowest BCUT2D eigenvalue weighted by Crippen LogP contribution is -2.43. The average Bonchev–Trinajstić information content (AvgIpc) is 3.07. The molecule has 1 heterocycles. The van der Waals surface area contributed by atoms with Crippen molar-refractivity contribution in [2.24, 2.45) is 0 Å². The summed E-state index contributed by atoms with van der Waals surface area (Å²) in [5, 5.41) is 27.7. The number of carbonyl (C=O) groups is 1. The Hall–Kier alpha value is -2.43. The summed E-state index contributed by atoms with van der Waals surface area (Å²) in [6, 6.07) is 7.18. The molecule has 0 aliphatic heterocycles. The highest BCUT2D eigenvalue weighted by Gasteiger charge is 2.24. The Morgan fingerprint density at radius 3 is 2.83 bits per heavy atom. The van der Waals surface area contributed by atoms with Crippen LogP contribution in [0.15, 0.2) is 35.0 Å². The standard InChI is InChI=1S/C16H16FN3O2S/c1-16(22,13-4-5-23-9-13)10-20-15(21)19-8-12-3-2-11(7-18)6-14(12)17/h2-6,9,22H,8,10H2,1H3,(H2,19,20,21). The second-order valence-corrected chi connectivity index (χ2v) is 6.02. The summed E-state index contributed by atoms with van der Waals surface area (Å²) >= 11 is 1.46. The third-order valence-corrected chi connectivity index (χ3v) is 4.04. The Morgan fingerprint density at radius 2 is 2.22 bits per heavy atom. The lowest BCUT2D eigenvalue weighted by atomic mass is 9.99. The van der Waals surface area contributed by atoms with E-state index in [1.165, 1.54) is 23.5 Å². The first kappa shape index (κ1) is 16.9. The van der Waals surface area contributed by atoms with Crippen LogP contribution in [0.25, 0.3) is 0 Å². The Bertz CT molecular complexity index is 723. The molecule has 1 aromatic heterocycles. The van der Waals surface area contributed by atoms with Crippen molar-refractivity contribution in [1.82, 2.24) is 10.6 Å². The summed E-state index contributed by atoms with van der Waals surface area (Å²) in [4.78, 5) is 11.8. The zero-order valence-electron chi connectivity index (χ0n) is 12.5. The van der Waals surface area contributed by atoms with Crippen molar-refractivity contribution < 1.29 is 14.3 Å². The molecule has 0 saturated carbocycles. The normalized spacial score (nSPS) is 13.0. The molecule has 0 radical (unpaired) electrons. The van der Waals surface area contributed by atoms with Gasteiger partial charge in [-0.1, -0.05) is 6.07 Å². The average molecular weight is 333 g/mol. The first-order valence-corrected chi connectivity index (χ1v) is 7.82. The fourth-order valence-electron chi connectivity index (χ4n) is 1.92. The van der Waals surface area contributed by atoms with Gasteiger partial charge in [-0.3, -0.25) is 0 Å². The van der Waals surface area contributed by atoms with Crippen molar-refractivity contribution in [1.29, 1.82) is 5.26 Å². The van der Waals surface area contributed by atoms with Gasteiger partial charge in [-0.25, -0.2) is 9.18 Å². The molecule has 0 aliphatic carbocycles. The molecule has 0 fully saturated rings. The Morgan fingerprint density at radius 1 is 1.43 bits per heavy atom. The van der Waals surface area contributed by atoms with Crippen molar-refractivity contribution in [3.63, 3.8) is 0 Å². The highest BCUT2D eigenvalue weighted by Crippen LogP contribution is 2.21. The number of amides is 2. The van der Waals surface area contributed by atoms with E-state index in [1.54, 1.807) is 13.0 Å². The van der Waals surface area contributed by atoms with E-state index >= 15 is 0 Å². The maximum Gasteiger partial charge on any atom is 0.315 e. The van der Waals surface area contributed by atoms with Crippen molar-refractivity contribution in [2.75, 3.05) is 6.54 Å². The number of nitriles is 1. The molecule has 1 aromatic carbocycles. The maximum absolute atomic E-state index is 13.7. The van der Waals surface area contributed by atoms with Gasteiger partial charge < -0.3 is 15.7 Å². The van der Waals surface area contributed by atoms with Crippen LogP contribution in [0.5, 0.6) is 0 Å². The van der Waals surface area contributed by atoms with E-state index in [4.69, 9.17) is 5.26 Å². The molecule has 2 rings (SSSR count). The number of carbonyl (C=O) groups excluding carboxylic acids is 1. The topological polar surface area (TPSA) is 85.2 Å². The third kappa shape index (κ3) is 4.52. The van der Waals surface area contributed by atoms with Crippen LogP contribution in [-0.4, -0.2) is 17.7 Å². The number of nitrogens with zero attached hydrogens (tertiary/aromatic N) is 1. The molecule has 1 atom stereocenters. The summed E-state index contributed by atoms with van der Waals surface area (Å²) in [5.41, 5.74) is 0.0593. The van der Waals surface area contributed by atoms with Crippen LogP contribution in [0.3, 0.4) is 0 Å². The number of hydrogen-bond acceptors (Lipinski definition) is 4. The Balaban J connectivity index is 1.85. The first-order valence-electron chi connectivity index (χ1n) is 6.87. The smallest absolute Gasteiger partial charge is 0.315 e. The molecule has 0 saturated heterocycles. The van der Waals surface area contributed by atoms with Crippen molar-refractivity contribution >= 4 is 17.4 Å². The number of rotatable bonds is 5. The summed E-state index contributed by atoms with van der Waals surface area (Å²) < 4.78 is 13.7. The zero-order chi connectivity index (χ0) is 16.9. The van der Waals surface area contributed by atoms with Crippen LogP contribution in [0, 0.1) is 17.1 Å². The van der Waals surface area contributed by atoms with Crippen molar-refractivity contribution in [2.45, 2.75) is 19.1 Å². The van der Waals surface area contributed by atoms with Gasteiger partial charge in [-0.15, -0.1) is 0 Å². The lowest BCUT2D eigenvalue weighted by molar-refractivity contribution is 0.0598. The van der Waals surface area contributed by atoms with Crippen LogP contribution >= 0.6 is 11.3 Å². The fraction of sp³-hybridized carbons (Fsp3) is 0.250. The van der Waals surface area contributed by atoms with Crippen LogP contribution < -0.4 is 10.6 Å². The van der Waals surface area contributed by atoms with Crippen molar-refractivity contribution in [3.8, 4) is 6.07 Å². The monoisotopic (exact) mass is 333 g/mol. The van der Waals surface area contributed by atoms with Gasteiger partial charge in [0.15, 0.2) is 0 Å². The molecule has 3 N–H and O–H groups in total. The Kier molecular flexibility index (Phi) is 5.32. The van der Waals surface area contributed by atoms with Gasteiger partial charge in [0.25, 0.3) is 0 Å². The molecule has 1 unspecified atom stereocenters. The van der Waals surface area contributed by atoms with E-state index in [2.05, 4.69) is 10.6 Å². The summed E-state index contributed by atoms with van der Waals surface area (Å²) in [6.07, 6.45) is 0. The maximum atomic E-state index is 13.7. The molecule has 120 valence electrons. The summed E-state index contributed by atoms with van der Waals surface area (Å²) in [5.74, 6) is -0.547.